The van der Waals surface area contributed by atoms with E-state index in [1.807, 2.05) is 42.6 Å². The van der Waals surface area contributed by atoms with E-state index in [0.717, 1.165) is 22.1 Å². The molecule has 0 radical (unpaired) electrons. The number of rotatable bonds is 6. The number of imidazole rings is 1. The zero-order valence-corrected chi connectivity index (χ0v) is 16.1. The molecular formula is C20H18N6OS. The molecule has 0 saturated carbocycles. The molecule has 0 unspecified atom stereocenters. The van der Waals surface area contributed by atoms with Crippen molar-refractivity contribution in [2.24, 2.45) is 0 Å². The molecule has 1 N–H and O–H groups in total. The van der Waals surface area contributed by atoms with Crippen molar-refractivity contribution in [2.75, 3.05) is 6.54 Å². The Balaban J connectivity index is 1.32. The fraction of sp³-hybridized carbons (Fsp3) is 0.150. The Morgan fingerprint density at radius 1 is 1.14 bits per heavy atom. The van der Waals surface area contributed by atoms with Gasteiger partial charge in [-0.3, -0.25) is 9.36 Å². The van der Waals surface area contributed by atoms with Gasteiger partial charge in [-0.1, -0.05) is 30.3 Å². The number of benzene rings is 1. The lowest BCUT2D eigenvalue weighted by atomic mass is 10.2. The molecule has 0 saturated heterocycles. The number of aromatic nitrogens is 5. The molecule has 4 aromatic rings. The van der Waals surface area contributed by atoms with E-state index < -0.39 is 0 Å². The number of hydrogen-bond donors (Lipinski definition) is 1. The maximum Gasteiger partial charge on any atom is 0.271 e. The van der Waals surface area contributed by atoms with E-state index in [9.17, 15) is 4.79 Å². The summed E-state index contributed by atoms with van der Waals surface area (Å²) in [6.07, 6.45) is 4.16. The van der Waals surface area contributed by atoms with Gasteiger partial charge in [0.25, 0.3) is 5.91 Å². The van der Waals surface area contributed by atoms with Gasteiger partial charge in [0, 0.05) is 36.3 Å². The van der Waals surface area contributed by atoms with E-state index in [0.29, 0.717) is 18.8 Å². The van der Waals surface area contributed by atoms with E-state index in [4.69, 9.17) is 0 Å². The summed E-state index contributed by atoms with van der Waals surface area (Å²) in [5.74, 6) is 1.19. The quantitative estimate of drug-likeness (QED) is 0.547. The third-order valence-corrected chi connectivity index (χ3v) is 5.14. The largest absolute Gasteiger partial charge is 0.350 e. The van der Waals surface area contributed by atoms with Crippen LogP contribution in [0.25, 0.3) is 16.4 Å². The number of nitrogens with zero attached hydrogens (tertiary/aromatic N) is 5. The molecule has 0 spiro atoms. The molecular weight excluding hydrogens is 372 g/mol. The van der Waals surface area contributed by atoms with Crippen molar-refractivity contribution < 1.29 is 4.79 Å². The van der Waals surface area contributed by atoms with Crippen LogP contribution in [0.5, 0.6) is 0 Å². The Hall–Kier alpha value is -3.39. The van der Waals surface area contributed by atoms with Gasteiger partial charge in [-0.15, -0.1) is 21.5 Å². The first-order chi connectivity index (χ1) is 13.7. The predicted octanol–water partition coefficient (Wildman–Crippen LogP) is 3.07. The van der Waals surface area contributed by atoms with Gasteiger partial charge >= 0.3 is 0 Å². The maximum absolute atomic E-state index is 12.3. The van der Waals surface area contributed by atoms with Crippen molar-refractivity contribution in [1.29, 1.82) is 0 Å². The van der Waals surface area contributed by atoms with Crippen LogP contribution in [0.2, 0.25) is 0 Å². The van der Waals surface area contributed by atoms with Gasteiger partial charge in [0.2, 0.25) is 0 Å². The van der Waals surface area contributed by atoms with E-state index in [-0.39, 0.29) is 11.6 Å². The van der Waals surface area contributed by atoms with Crippen LogP contribution in [0.1, 0.15) is 22.0 Å². The lowest BCUT2D eigenvalue weighted by Gasteiger charge is -2.05. The van der Waals surface area contributed by atoms with Crippen LogP contribution < -0.4 is 5.32 Å². The SMILES string of the molecule is Cc1nccn1-c1ccc(C(=O)NCCc2csc(-c3ccccc3)n2)nn1. The lowest BCUT2D eigenvalue weighted by Crippen LogP contribution is -2.27. The highest BCUT2D eigenvalue weighted by molar-refractivity contribution is 7.13. The number of aryl methyl sites for hydroxylation is 1. The zero-order chi connectivity index (χ0) is 19.3. The number of carbonyl (C=O) groups is 1. The minimum absolute atomic E-state index is 0.250. The van der Waals surface area contributed by atoms with Crippen LogP contribution >= 0.6 is 11.3 Å². The summed E-state index contributed by atoms with van der Waals surface area (Å²) in [4.78, 5) is 21.1. The van der Waals surface area contributed by atoms with E-state index in [2.05, 4.69) is 25.5 Å². The fourth-order valence-electron chi connectivity index (χ4n) is 2.72. The normalized spacial score (nSPS) is 10.8. The molecule has 28 heavy (non-hydrogen) atoms. The van der Waals surface area contributed by atoms with Gasteiger partial charge in [-0.2, -0.15) is 0 Å². The Kier molecular flexibility index (Phi) is 5.20. The van der Waals surface area contributed by atoms with E-state index in [1.165, 1.54) is 0 Å². The third-order valence-electron chi connectivity index (χ3n) is 4.19. The van der Waals surface area contributed by atoms with Crippen molar-refractivity contribution >= 4 is 17.2 Å². The molecule has 140 valence electrons. The third kappa shape index (κ3) is 3.96. The van der Waals surface area contributed by atoms with E-state index in [1.54, 1.807) is 40.4 Å². The highest BCUT2D eigenvalue weighted by atomic mass is 32.1. The number of thiazole rings is 1. The van der Waals surface area contributed by atoms with Crippen molar-refractivity contribution in [3.05, 3.63) is 77.5 Å². The average Bonchev–Trinajstić information content (AvgIpc) is 3.38. The monoisotopic (exact) mass is 390 g/mol. The summed E-state index contributed by atoms with van der Waals surface area (Å²) >= 11 is 1.61. The molecule has 0 aliphatic heterocycles. The van der Waals surface area contributed by atoms with Crippen LogP contribution in [-0.4, -0.2) is 37.2 Å². The lowest BCUT2D eigenvalue weighted by molar-refractivity contribution is 0.0948. The molecule has 3 heterocycles. The van der Waals surface area contributed by atoms with Gasteiger partial charge < -0.3 is 5.32 Å². The second kappa shape index (κ2) is 8.10. The van der Waals surface area contributed by atoms with Crippen LogP contribution in [0.3, 0.4) is 0 Å². The predicted molar refractivity (Wildman–Crippen MR) is 107 cm³/mol. The summed E-state index contributed by atoms with van der Waals surface area (Å²) in [7, 11) is 0. The Morgan fingerprint density at radius 2 is 2.00 bits per heavy atom. The van der Waals surface area contributed by atoms with Gasteiger partial charge in [-0.25, -0.2) is 9.97 Å². The topological polar surface area (TPSA) is 85.6 Å². The van der Waals surface area contributed by atoms with Crippen LogP contribution in [0.15, 0.2) is 60.2 Å². The second-order valence-corrected chi connectivity index (χ2v) is 7.00. The van der Waals surface area contributed by atoms with Gasteiger partial charge in [0.15, 0.2) is 11.5 Å². The number of carbonyl (C=O) groups excluding carboxylic acids is 1. The molecule has 0 fully saturated rings. The van der Waals surface area contributed by atoms with Crippen molar-refractivity contribution in [3.8, 4) is 16.4 Å². The highest BCUT2D eigenvalue weighted by Crippen LogP contribution is 2.23. The summed E-state index contributed by atoms with van der Waals surface area (Å²) in [6, 6.07) is 13.5. The highest BCUT2D eigenvalue weighted by Gasteiger charge is 2.10. The average molecular weight is 390 g/mol. The van der Waals surface area contributed by atoms with Gasteiger partial charge in [0.1, 0.15) is 10.8 Å². The number of amides is 1. The first-order valence-corrected chi connectivity index (χ1v) is 9.71. The Labute approximate surface area is 166 Å². The first kappa shape index (κ1) is 18.0. The molecule has 3 aromatic heterocycles. The number of nitrogens with one attached hydrogen (secondary N) is 1. The van der Waals surface area contributed by atoms with Crippen LogP contribution in [0, 0.1) is 6.92 Å². The van der Waals surface area contributed by atoms with E-state index >= 15 is 0 Å². The molecule has 1 amide bonds. The summed E-state index contributed by atoms with van der Waals surface area (Å²) < 4.78 is 1.81. The van der Waals surface area contributed by atoms with Crippen molar-refractivity contribution in [1.82, 2.24) is 30.0 Å². The fourth-order valence-corrected chi connectivity index (χ4v) is 3.59. The second-order valence-electron chi connectivity index (χ2n) is 6.14. The number of hydrogen-bond acceptors (Lipinski definition) is 6. The summed E-state index contributed by atoms with van der Waals surface area (Å²) in [5.41, 5.74) is 2.34. The van der Waals surface area contributed by atoms with Crippen molar-refractivity contribution in [3.63, 3.8) is 0 Å². The first-order valence-electron chi connectivity index (χ1n) is 8.83. The summed E-state index contributed by atoms with van der Waals surface area (Å²) in [6.45, 7) is 2.37. The van der Waals surface area contributed by atoms with Gasteiger partial charge in [-0.05, 0) is 19.1 Å². The molecule has 0 atom stereocenters. The van der Waals surface area contributed by atoms with Crippen LogP contribution in [0.4, 0.5) is 0 Å². The molecule has 8 heteroatoms. The zero-order valence-electron chi connectivity index (χ0n) is 15.2. The maximum atomic E-state index is 12.3. The minimum Gasteiger partial charge on any atom is -0.350 e. The molecule has 4 rings (SSSR count). The van der Waals surface area contributed by atoms with Gasteiger partial charge in [0.05, 0.1) is 5.69 Å². The molecule has 0 aliphatic rings. The smallest absolute Gasteiger partial charge is 0.271 e. The standard InChI is InChI=1S/C20H18N6OS/c1-14-21-11-12-26(14)18-8-7-17(24-25-18)19(27)22-10-9-16-13-28-20(23-16)15-5-3-2-4-6-15/h2-8,11-13H,9-10H2,1H3,(H,22,27). The molecule has 0 aliphatic carbocycles. The molecule has 7 nitrogen and oxygen atoms in total. The Bertz CT molecular complexity index is 1070. The molecule has 1 aromatic carbocycles. The Morgan fingerprint density at radius 3 is 2.71 bits per heavy atom. The summed E-state index contributed by atoms with van der Waals surface area (Å²) in [5, 5.41) is 14.0. The minimum atomic E-state index is -0.250. The van der Waals surface area contributed by atoms with Crippen LogP contribution in [-0.2, 0) is 6.42 Å². The molecule has 0 bridgehead atoms. The van der Waals surface area contributed by atoms with Crippen molar-refractivity contribution in [2.45, 2.75) is 13.3 Å².